The molecule has 0 aliphatic carbocycles. The first-order chi connectivity index (χ1) is 6.70. The summed E-state index contributed by atoms with van der Waals surface area (Å²) in [6.07, 6.45) is 2.99. The van der Waals surface area contributed by atoms with Crippen LogP contribution in [0.15, 0.2) is 21.8 Å². The first-order valence-corrected chi connectivity index (χ1v) is 4.58. The first-order valence-electron chi connectivity index (χ1n) is 3.79. The summed E-state index contributed by atoms with van der Waals surface area (Å²) < 4.78 is 1.99. The van der Waals surface area contributed by atoms with Crippen molar-refractivity contribution < 1.29 is 0 Å². The average Bonchev–Trinajstić information content (AvgIpc) is 2.48. The van der Waals surface area contributed by atoms with E-state index in [0.717, 1.165) is 0 Å². The summed E-state index contributed by atoms with van der Waals surface area (Å²) in [6, 6.07) is 0. The molecule has 6 nitrogen and oxygen atoms in total. The van der Waals surface area contributed by atoms with Crippen molar-refractivity contribution in [3.8, 4) is 11.4 Å². The fourth-order valence-electron chi connectivity index (χ4n) is 1.10. The zero-order valence-electron chi connectivity index (χ0n) is 7.23. The number of aromatic nitrogens is 5. The van der Waals surface area contributed by atoms with Crippen LogP contribution in [0.3, 0.4) is 0 Å². The Morgan fingerprint density at radius 3 is 2.93 bits per heavy atom. The van der Waals surface area contributed by atoms with E-state index in [9.17, 15) is 4.79 Å². The molecule has 0 unspecified atom stereocenters. The summed E-state index contributed by atoms with van der Waals surface area (Å²) >= 11 is 3.20. The largest absolute Gasteiger partial charge is 0.326 e. The highest BCUT2D eigenvalue weighted by atomic mass is 79.9. The quantitative estimate of drug-likeness (QED) is 0.797. The number of nitrogens with one attached hydrogen (secondary N) is 1. The Bertz CT molecular complexity index is 497. The maximum absolute atomic E-state index is 11.4. The van der Waals surface area contributed by atoms with Gasteiger partial charge in [-0.25, -0.2) is 9.67 Å². The third-order valence-electron chi connectivity index (χ3n) is 1.72. The van der Waals surface area contributed by atoms with Crippen molar-refractivity contribution in [2.75, 3.05) is 0 Å². The fraction of sp³-hybridized carbons (Fsp3) is 0.143. The zero-order valence-corrected chi connectivity index (χ0v) is 8.82. The third kappa shape index (κ3) is 1.35. The van der Waals surface area contributed by atoms with Gasteiger partial charge in [0.05, 0.1) is 0 Å². The van der Waals surface area contributed by atoms with Crippen LogP contribution >= 0.6 is 15.9 Å². The van der Waals surface area contributed by atoms with Crippen LogP contribution in [0, 0.1) is 0 Å². The normalized spacial score (nSPS) is 10.4. The van der Waals surface area contributed by atoms with E-state index in [1.54, 1.807) is 7.05 Å². The summed E-state index contributed by atoms with van der Waals surface area (Å²) in [4.78, 5) is 17.9. The predicted molar refractivity (Wildman–Crippen MR) is 52.6 cm³/mol. The van der Waals surface area contributed by atoms with Crippen LogP contribution in [0.2, 0.25) is 0 Å². The summed E-state index contributed by atoms with van der Waals surface area (Å²) in [5.74, 6) is 0. The highest BCUT2D eigenvalue weighted by Gasteiger charge is 2.14. The van der Waals surface area contributed by atoms with Crippen molar-refractivity contribution >= 4 is 15.9 Å². The molecule has 0 spiro atoms. The number of aryl methyl sites for hydroxylation is 1. The lowest BCUT2D eigenvalue weighted by atomic mass is 10.3. The monoisotopic (exact) mass is 255 g/mol. The van der Waals surface area contributed by atoms with Crippen molar-refractivity contribution in [2.24, 2.45) is 7.05 Å². The molecular weight excluding hydrogens is 250 g/mol. The number of hydrogen-bond acceptors (Lipinski definition) is 4. The van der Waals surface area contributed by atoms with E-state index < -0.39 is 0 Å². The molecular formula is C7H6BrN5O. The molecule has 0 atom stereocenters. The van der Waals surface area contributed by atoms with Gasteiger partial charge in [0.2, 0.25) is 0 Å². The van der Waals surface area contributed by atoms with Crippen LogP contribution < -0.4 is 5.56 Å². The Labute approximate surface area is 87.1 Å². The minimum absolute atomic E-state index is 0.265. The van der Waals surface area contributed by atoms with E-state index >= 15 is 0 Å². The van der Waals surface area contributed by atoms with Crippen LogP contribution in [0.5, 0.6) is 0 Å². The van der Waals surface area contributed by atoms with Crippen LogP contribution in [0.1, 0.15) is 0 Å². The molecule has 1 N–H and O–H groups in total. The molecule has 2 aromatic heterocycles. The second kappa shape index (κ2) is 3.33. The molecule has 0 aliphatic heterocycles. The molecule has 0 aromatic carbocycles. The molecule has 0 radical (unpaired) electrons. The van der Waals surface area contributed by atoms with E-state index in [4.69, 9.17) is 0 Å². The SMILES string of the molecule is Cn1nnc(Br)c1-c1ncc[nH]c1=O. The lowest BCUT2D eigenvalue weighted by Gasteiger charge is -1.97. The molecule has 2 rings (SSSR count). The van der Waals surface area contributed by atoms with Crippen LogP contribution in [-0.2, 0) is 7.05 Å². The Morgan fingerprint density at radius 1 is 1.57 bits per heavy atom. The lowest BCUT2D eigenvalue weighted by Crippen LogP contribution is -2.12. The lowest BCUT2D eigenvalue weighted by molar-refractivity contribution is 0.717. The standard InChI is InChI=1S/C7H6BrN5O/c1-13-5(6(8)11-12-13)4-7(14)10-3-2-9-4/h2-3H,1H3,(H,10,14). The van der Waals surface area contributed by atoms with Gasteiger partial charge >= 0.3 is 0 Å². The van der Waals surface area contributed by atoms with Crippen LogP contribution in [0.4, 0.5) is 0 Å². The molecule has 0 amide bonds. The van der Waals surface area contributed by atoms with Crippen LogP contribution in [-0.4, -0.2) is 25.0 Å². The van der Waals surface area contributed by atoms with Crippen molar-refractivity contribution in [1.29, 1.82) is 0 Å². The maximum Gasteiger partial charge on any atom is 0.276 e. The fourth-order valence-corrected chi connectivity index (χ4v) is 1.62. The van der Waals surface area contributed by atoms with Gasteiger partial charge in [0.15, 0.2) is 10.3 Å². The maximum atomic E-state index is 11.4. The highest BCUT2D eigenvalue weighted by Crippen LogP contribution is 2.20. The van der Waals surface area contributed by atoms with E-state index in [2.05, 4.69) is 36.2 Å². The van der Waals surface area contributed by atoms with Gasteiger partial charge < -0.3 is 4.98 Å². The molecule has 2 heterocycles. The second-order valence-electron chi connectivity index (χ2n) is 2.62. The summed E-state index contributed by atoms with van der Waals surface area (Å²) in [6.45, 7) is 0. The van der Waals surface area contributed by atoms with Gasteiger partial charge in [-0.2, -0.15) is 0 Å². The molecule has 0 saturated carbocycles. The number of H-pyrrole nitrogens is 1. The smallest absolute Gasteiger partial charge is 0.276 e. The molecule has 0 fully saturated rings. The van der Waals surface area contributed by atoms with E-state index in [-0.39, 0.29) is 5.56 Å². The van der Waals surface area contributed by atoms with Gasteiger partial charge in [0, 0.05) is 19.4 Å². The van der Waals surface area contributed by atoms with Gasteiger partial charge in [-0.1, -0.05) is 5.21 Å². The van der Waals surface area contributed by atoms with E-state index in [0.29, 0.717) is 16.0 Å². The number of aromatic amines is 1. The Balaban J connectivity index is 2.72. The first kappa shape index (κ1) is 9.07. The Hall–Kier alpha value is -1.50. The summed E-state index contributed by atoms with van der Waals surface area (Å²) in [5.41, 5.74) is 0.595. The van der Waals surface area contributed by atoms with Gasteiger partial charge in [0.1, 0.15) is 5.69 Å². The number of rotatable bonds is 1. The molecule has 0 saturated heterocycles. The molecule has 72 valence electrons. The molecule has 7 heteroatoms. The van der Waals surface area contributed by atoms with Crippen molar-refractivity contribution in [1.82, 2.24) is 25.0 Å². The van der Waals surface area contributed by atoms with E-state index in [1.807, 2.05) is 0 Å². The van der Waals surface area contributed by atoms with Gasteiger partial charge in [0.25, 0.3) is 5.56 Å². The zero-order chi connectivity index (χ0) is 10.1. The third-order valence-corrected chi connectivity index (χ3v) is 2.25. The van der Waals surface area contributed by atoms with Crippen molar-refractivity contribution in [2.45, 2.75) is 0 Å². The predicted octanol–water partition coefficient (Wildman–Crippen LogP) is 0.328. The Morgan fingerprint density at radius 2 is 2.36 bits per heavy atom. The molecule has 2 aromatic rings. The summed E-state index contributed by atoms with van der Waals surface area (Å²) in [5, 5.41) is 7.53. The molecule has 14 heavy (non-hydrogen) atoms. The summed E-state index contributed by atoms with van der Waals surface area (Å²) in [7, 11) is 1.70. The highest BCUT2D eigenvalue weighted by molar-refractivity contribution is 9.10. The second-order valence-corrected chi connectivity index (χ2v) is 3.37. The molecule has 0 bridgehead atoms. The number of halogens is 1. The topological polar surface area (TPSA) is 76.5 Å². The molecule has 0 aliphatic rings. The van der Waals surface area contributed by atoms with Gasteiger partial charge in [-0.05, 0) is 15.9 Å². The van der Waals surface area contributed by atoms with E-state index in [1.165, 1.54) is 17.1 Å². The number of nitrogens with zero attached hydrogens (tertiary/aromatic N) is 4. The number of hydrogen-bond donors (Lipinski definition) is 1. The van der Waals surface area contributed by atoms with Gasteiger partial charge in [-0.15, -0.1) is 5.10 Å². The minimum atomic E-state index is -0.265. The van der Waals surface area contributed by atoms with Crippen molar-refractivity contribution in [3.63, 3.8) is 0 Å². The average molecular weight is 256 g/mol. The van der Waals surface area contributed by atoms with Crippen LogP contribution in [0.25, 0.3) is 11.4 Å². The van der Waals surface area contributed by atoms with Gasteiger partial charge in [-0.3, -0.25) is 4.79 Å². The Kier molecular flexibility index (Phi) is 2.16. The minimum Gasteiger partial charge on any atom is -0.326 e. The van der Waals surface area contributed by atoms with Crippen molar-refractivity contribution in [3.05, 3.63) is 27.4 Å².